The zero-order valence-electron chi connectivity index (χ0n) is 9.24. The number of hydrogen-bond donors (Lipinski definition) is 1. The number of esters is 1. The van der Waals surface area contributed by atoms with Crippen molar-refractivity contribution in [1.82, 2.24) is 9.97 Å². The van der Waals surface area contributed by atoms with Gasteiger partial charge in [-0.1, -0.05) is 30.3 Å². The van der Waals surface area contributed by atoms with Gasteiger partial charge in [0.25, 0.3) is 0 Å². The van der Waals surface area contributed by atoms with Gasteiger partial charge >= 0.3 is 5.97 Å². The highest BCUT2D eigenvalue weighted by Crippen LogP contribution is 2.16. The molecule has 0 amide bonds. The number of rotatable bonds is 3. The summed E-state index contributed by atoms with van der Waals surface area (Å²) >= 11 is 3.25. The number of aromatic amines is 1. The molecular formula is C12H11BrN2O2. The van der Waals surface area contributed by atoms with E-state index in [1.54, 1.807) is 0 Å². The molecule has 1 aromatic carbocycles. The molecule has 0 fully saturated rings. The Kier molecular flexibility index (Phi) is 3.58. The summed E-state index contributed by atoms with van der Waals surface area (Å²) in [7, 11) is 1.33. The number of hydrogen-bond acceptors (Lipinski definition) is 3. The molecule has 0 unspecified atom stereocenters. The monoisotopic (exact) mass is 294 g/mol. The van der Waals surface area contributed by atoms with Crippen LogP contribution in [0, 0.1) is 0 Å². The van der Waals surface area contributed by atoms with Gasteiger partial charge in [-0.05, 0) is 21.5 Å². The number of carbonyl (C=O) groups is 1. The zero-order valence-corrected chi connectivity index (χ0v) is 10.8. The van der Waals surface area contributed by atoms with E-state index in [0.717, 1.165) is 11.4 Å². The molecule has 17 heavy (non-hydrogen) atoms. The van der Waals surface area contributed by atoms with Crippen LogP contribution in [0.2, 0.25) is 0 Å². The second-order valence-corrected chi connectivity index (χ2v) is 4.29. The van der Waals surface area contributed by atoms with Gasteiger partial charge in [-0.25, -0.2) is 9.78 Å². The fourth-order valence-electron chi connectivity index (χ4n) is 1.50. The smallest absolute Gasteiger partial charge is 0.359 e. The van der Waals surface area contributed by atoms with Gasteiger partial charge in [-0.15, -0.1) is 0 Å². The molecule has 0 saturated carbocycles. The number of benzene rings is 1. The Hall–Kier alpha value is -1.62. The lowest BCUT2D eigenvalue weighted by Crippen LogP contribution is -2.02. The van der Waals surface area contributed by atoms with Crippen molar-refractivity contribution in [1.29, 1.82) is 0 Å². The summed E-state index contributed by atoms with van der Waals surface area (Å²) < 4.78 is 5.18. The van der Waals surface area contributed by atoms with E-state index in [1.165, 1.54) is 7.11 Å². The van der Waals surface area contributed by atoms with E-state index >= 15 is 0 Å². The number of nitrogens with one attached hydrogen (secondary N) is 1. The molecule has 0 aliphatic heterocycles. The molecule has 1 N–H and O–H groups in total. The molecule has 2 rings (SSSR count). The molecule has 0 spiro atoms. The second-order valence-electron chi connectivity index (χ2n) is 3.50. The van der Waals surface area contributed by atoms with Crippen LogP contribution in [0.5, 0.6) is 0 Å². The Labute approximate surface area is 107 Å². The number of methoxy groups -OCH3 is 1. The van der Waals surface area contributed by atoms with Gasteiger partial charge in [0.15, 0.2) is 5.69 Å². The standard InChI is InChI=1S/C12H11BrN2O2/c1-17-12(16)10-11(13)15-9(14-10)7-8-5-3-2-4-6-8/h2-6H,7H2,1H3,(H,14,15). The third kappa shape index (κ3) is 2.74. The molecular weight excluding hydrogens is 284 g/mol. The predicted molar refractivity (Wildman–Crippen MR) is 66.9 cm³/mol. The number of carbonyl (C=O) groups excluding carboxylic acids is 1. The van der Waals surface area contributed by atoms with Crippen molar-refractivity contribution in [2.24, 2.45) is 0 Å². The number of imidazole rings is 1. The van der Waals surface area contributed by atoms with E-state index < -0.39 is 5.97 Å². The molecule has 1 heterocycles. The molecule has 1 aromatic heterocycles. The lowest BCUT2D eigenvalue weighted by atomic mass is 10.1. The topological polar surface area (TPSA) is 55.0 Å². The summed E-state index contributed by atoms with van der Waals surface area (Å²) in [6.07, 6.45) is 0.649. The molecule has 2 aromatic rings. The summed E-state index contributed by atoms with van der Waals surface area (Å²) in [4.78, 5) is 18.6. The average Bonchev–Trinajstić information content (AvgIpc) is 2.70. The Bertz CT molecular complexity index is 523. The minimum Gasteiger partial charge on any atom is -0.464 e. The van der Waals surface area contributed by atoms with E-state index in [-0.39, 0.29) is 5.69 Å². The summed E-state index contributed by atoms with van der Waals surface area (Å²) in [5.41, 5.74) is 1.41. The maximum atomic E-state index is 11.4. The molecule has 0 atom stereocenters. The van der Waals surface area contributed by atoms with Gasteiger partial charge in [0.1, 0.15) is 10.4 Å². The fourth-order valence-corrected chi connectivity index (χ4v) is 1.98. The first-order chi connectivity index (χ1) is 8.20. The van der Waals surface area contributed by atoms with Crippen molar-refractivity contribution >= 4 is 21.9 Å². The Morgan fingerprint density at radius 2 is 2.12 bits per heavy atom. The van der Waals surface area contributed by atoms with Crippen molar-refractivity contribution in [3.63, 3.8) is 0 Å². The van der Waals surface area contributed by atoms with Gasteiger partial charge < -0.3 is 9.72 Å². The lowest BCUT2D eigenvalue weighted by molar-refractivity contribution is 0.0593. The van der Waals surface area contributed by atoms with E-state index in [4.69, 9.17) is 0 Å². The maximum Gasteiger partial charge on any atom is 0.359 e. The first-order valence-electron chi connectivity index (χ1n) is 5.07. The van der Waals surface area contributed by atoms with Crippen molar-refractivity contribution in [2.75, 3.05) is 7.11 Å². The average molecular weight is 295 g/mol. The van der Waals surface area contributed by atoms with E-state index in [9.17, 15) is 4.79 Å². The largest absolute Gasteiger partial charge is 0.464 e. The molecule has 88 valence electrons. The second kappa shape index (κ2) is 5.14. The van der Waals surface area contributed by atoms with E-state index in [0.29, 0.717) is 11.0 Å². The van der Waals surface area contributed by atoms with Crippen LogP contribution >= 0.6 is 15.9 Å². The maximum absolute atomic E-state index is 11.4. The van der Waals surface area contributed by atoms with E-state index in [1.807, 2.05) is 30.3 Å². The van der Waals surface area contributed by atoms with Crippen LogP contribution in [0.1, 0.15) is 21.9 Å². The zero-order chi connectivity index (χ0) is 12.3. The van der Waals surface area contributed by atoms with Crippen LogP contribution in [0.15, 0.2) is 34.9 Å². The van der Waals surface area contributed by atoms with Gasteiger partial charge in [-0.3, -0.25) is 0 Å². The van der Waals surface area contributed by atoms with Gasteiger partial charge in [0, 0.05) is 6.42 Å². The normalized spacial score (nSPS) is 10.2. The van der Waals surface area contributed by atoms with Crippen molar-refractivity contribution < 1.29 is 9.53 Å². The van der Waals surface area contributed by atoms with Crippen molar-refractivity contribution in [3.05, 3.63) is 52.0 Å². The molecule has 5 heteroatoms. The highest BCUT2D eigenvalue weighted by Gasteiger charge is 2.16. The summed E-state index contributed by atoms with van der Waals surface area (Å²) in [6.45, 7) is 0. The van der Waals surface area contributed by atoms with Gasteiger partial charge in [0.2, 0.25) is 0 Å². The van der Waals surface area contributed by atoms with Gasteiger partial charge in [0.05, 0.1) is 7.11 Å². The summed E-state index contributed by atoms with van der Waals surface area (Å²) in [5, 5.41) is 0. The molecule has 0 aliphatic carbocycles. The predicted octanol–water partition coefficient (Wildman–Crippen LogP) is 2.55. The lowest BCUT2D eigenvalue weighted by Gasteiger charge is -1.96. The third-order valence-electron chi connectivity index (χ3n) is 2.30. The number of aromatic nitrogens is 2. The Morgan fingerprint density at radius 1 is 1.41 bits per heavy atom. The summed E-state index contributed by atoms with van der Waals surface area (Å²) in [5.74, 6) is 0.274. The molecule has 0 bridgehead atoms. The Balaban J connectivity index is 2.21. The van der Waals surface area contributed by atoms with Crippen molar-refractivity contribution in [2.45, 2.75) is 6.42 Å². The van der Waals surface area contributed by atoms with Crippen LogP contribution in [-0.2, 0) is 11.2 Å². The minimum atomic E-state index is -0.451. The number of ether oxygens (including phenoxy) is 1. The molecule has 0 radical (unpaired) electrons. The molecule has 0 saturated heterocycles. The number of H-pyrrole nitrogens is 1. The van der Waals surface area contributed by atoms with Crippen LogP contribution in [0.3, 0.4) is 0 Å². The highest BCUT2D eigenvalue weighted by molar-refractivity contribution is 9.10. The highest BCUT2D eigenvalue weighted by atomic mass is 79.9. The minimum absolute atomic E-state index is 0.276. The SMILES string of the molecule is COC(=O)c1nc(Cc2ccccc2)[nH]c1Br. The van der Waals surface area contributed by atoms with Crippen molar-refractivity contribution in [3.8, 4) is 0 Å². The van der Waals surface area contributed by atoms with Crippen LogP contribution in [0.4, 0.5) is 0 Å². The van der Waals surface area contributed by atoms with Crippen LogP contribution < -0.4 is 0 Å². The fraction of sp³-hybridized carbons (Fsp3) is 0.167. The van der Waals surface area contributed by atoms with Crippen LogP contribution in [-0.4, -0.2) is 23.0 Å². The first kappa shape index (κ1) is 11.9. The van der Waals surface area contributed by atoms with Crippen LogP contribution in [0.25, 0.3) is 0 Å². The molecule has 4 nitrogen and oxygen atoms in total. The first-order valence-corrected chi connectivity index (χ1v) is 5.86. The Morgan fingerprint density at radius 3 is 2.76 bits per heavy atom. The quantitative estimate of drug-likeness (QED) is 0.885. The number of nitrogens with zero attached hydrogens (tertiary/aromatic N) is 1. The third-order valence-corrected chi connectivity index (χ3v) is 2.88. The van der Waals surface area contributed by atoms with Gasteiger partial charge in [-0.2, -0.15) is 0 Å². The molecule has 0 aliphatic rings. The van der Waals surface area contributed by atoms with E-state index in [2.05, 4.69) is 30.6 Å². The summed E-state index contributed by atoms with van der Waals surface area (Å²) in [6, 6.07) is 9.91. The number of halogens is 1.